The van der Waals surface area contributed by atoms with Crippen LogP contribution in [0.3, 0.4) is 0 Å². The number of rotatable bonds is 4. The highest BCUT2D eigenvalue weighted by Gasteiger charge is 2.11. The number of aryl methyl sites for hydroxylation is 1. The second-order valence-corrected chi connectivity index (χ2v) is 5.46. The van der Waals surface area contributed by atoms with E-state index in [0.717, 1.165) is 5.69 Å². The standard InChI is InChI=1S/C19H14FN5O/c1-12-22-17(19(26)25-16-4-2-3-14(20)9-16)10-18(23-12)24-15-7-5-13(11-21)6-8-15/h2-10H,1H3,(H,25,26)(H,22,23,24). The summed E-state index contributed by atoms with van der Waals surface area (Å²) in [7, 11) is 0. The molecule has 0 aliphatic carbocycles. The van der Waals surface area contributed by atoms with Gasteiger partial charge in [0.25, 0.3) is 5.91 Å². The Labute approximate surface area is 149 Å². The molecule has 2 N–H and O–H groups in total. The van der Waals surface area contributed by atoms with Gasteiger partial charge in [-0.25, -0.2) is 14.4 Å². The third-order valence-corrected chi connectivity index (χ3v) is 3.44. The van der Waals surface area contributed by atoms with Gasteiger partial charge in [-0.3, -0.25) is 4.79 Å². The summed E-state index contributed by atoms with van der Waals surface area (Å²) < 4.78 is 13.2. The number of benzene rings is 2. The van der Waals surface area contributed by atoms with Crippen LogP contribution in [0, 0.1) is 24.1 Å². The van der Waals surface area contributed by atoms with Gasteiger partial charge in [-0.2, -0.15) is 5.26 Å². The number of anilines is 3. The Balaban J connectivity index is 1.80. The van der Waals surface area contributed by atoms with Crippen molar-refractivity contribution in [1.82, 2.24) is 9.97 Å². The number of nitrogens with one attached hydrogen (secondary N) is 2. The highest BCUT2D eigenvalue weighted by Crippen LogP contribution is 2.17. The molecule has 0 radical (unpaired) electrons. The Morgan fingerprint density at radius 2 is 1.85 bits per heavy atom. The smallest absolute Gasteiger partial charge is 0.274 e. The van der Waals surface area contributed by atoms with Crippen LogP contribution in [0.15, 0.2) is 54.6 Å². The summed E-state index contributed by atoms with van der Waals surface area (Å²) >= 11 is 0. The topological polar surface area (TPSA) is 90.7 Å². The van der Waals surface area contributed by atoms with Gasteiger partial charge in [0, 0.05) is 17.4 Å². The summed E-state index contributed by atoms with van der Waals surface area (Å²) in [6, 6.07) is 16.0. The lowest BCUT2D eigenvalue weighted by Crippen LogP contribution is -2.15. The average molecular weight is 347 g/mol. The highest BCUT2D eigenvalue weighted by molar-refractivity contribution is 6.03. The molecule has 1 aromatic heterocycles. The molecule has 2 aromatic carbocycles. The zero-order valence-electron chi connectivity index (χ0n) is 13.8. The van der Waals surface area contributed by atoms with Crippen LogP contribution in [0.25, 0.3) is 0 Å². The number of nitrogens with zero attached hydrogens (tertiary/aromatic N) is 3. The van der Waals surface area contributed by atoms with Gasteiger partial charge in [-0.05, 0) is 49.4 Å². The van der Waals surface area contributed by atoms with Gasteiger partial charge in [0.15, 0.2) is 0 Å². The van der Waals surface area contributed by atoms with Gasteiger partial charge in [-0.15, -0.1) is 0 Å². The fourth-order valence-electron chi connectivity index (χ4n) is 2.29. The lowest BCUT2D eigenvalue weighted by atomic mass is 10.2. The molecule has 128 valence electrons. The summed E-state index contributed by atoms with van der Waals surface area (Å²) in [6.45, 7) is 1.67. The van der Waals surface area contributed by atoms with Gasteiger partial charge >= 0.3 is 0 Å². The number of hydrogen-bond acceptors (Lipinski definition) is 5. The van der Waals surface area contributed by atoms with Gasteiger partial charge in [-0.1, -0.05) is 6.07 Å². The van der Waals surface area contributed by atoms with Crippen molar-refractivity contribution in [2.75, 3.05) is 10.6 Å². The minimum Gasteiger partial charge on any atom is -0.340 e. The van der Waals surface area contributed by atoms with E-state index in [0.29, 0.717) is 22.9 Å². The molecule has 0 atom stereocenters. The van der Waals surface area contributed by atoms with E-state index in [2.05, 4.69) is 20.6 Å². The van der Waals surface area contributed by atoms with Gasteiger partial charge in [0.2, 0.25) is 0 Å². The maximum absolute atomic E-state index is 13.2. The van der Waals surface area contributed by atoms with Crippen LogP contribution in [0.2, 0.25) is 0 Å². The lowest BCUT2D eigenvalue weighted by molar-refractivity contribution is 0.102. The van der Waals surface area contributed by atoms with Crippen LogP contribution in [-0.2, 0) is 0 Å². The van der Waals surface area contributed by atoms with E-state index in [1.54, 1.807) is 37.3 Å². The van der Waals surface area contributed by atoms with E-state index in [1.165, 1.54) is 24.3 Å². The minimum absolute atomic E-state index is 0.151. The molecule has 0 aliphatic heterocycles. The fraction of sp³-hybridized carbons (Fsp3) is 0.0526. The van der Waals surface area contributed by atoms with Crippen LogP contribution in [0.1, 0.15) is 21.9 Å². The molecule has 0 aliphatic rings. The molecule has 26 heavy (non-hydrogen) atoms. The van der Waals surface area contributed by atoms with E-state index in [4.69, 9.17) is 5.26 Å². The number of hydrogen-bond donors (Lipinski definition) is 2. The predicted octanol–water partition coefficient (Wildman–Crippen LogP) is 3.79. The van der Waals surface area contributed by atoms with E-state index in [-0.39, 0.29) is 5.69 Å². The third kappa shape index (κ3) is 4.19. The minimum atomic E-state index is -0.469. The summed E-state index contributed by atoms with van der Waals surface area (Å²) in [5.74, 6) is -0.0616. The normalized spacial score (nSPS) is 10.0. The maximum atomic E-state index is 13.2. The largest absolute Gasteiger partial charge is 0.340 e. The van der Waals surface area contributed by atoms with Crippen molar-refractivity contribution in [3.8, 4) is 6.07 Å². The quantitative estimate of drug-likeness (QED) is 0.749. The highest BCUT2D eigenvalue weighted by atomic mass is 19.1. The van der Waals surface area contributed by atoms with Crippen LogP contribution >= 0.6 is 0 Å². The molecule has 1 amide bonds. The van der Waals surface area contributed by atoms with Crippen LogP contribution in [-0.4, -0.2) is 15.9 Å². The molecule has 0 fully saturated rings. The van der Waals surface area contributed by atoms with Crippen molar-refractivity contribution < 1.29 is 9.18 Å². The molecule has 0 saturated carbocycles. The van der Waals surface area contributed by atoms with Crippen LogP contribution in [0.5, 0.6) is 0 Å². The van der Waals surface area contributed by atoms with Crippen molar-refractivity contribution in [2.45, 2.75) is 6.92 Å². The first-order chi connectivity index (χ1) is 12.5. The summed E-state index contributed by atoms with van der Waals surface area (Å²) in [6.07, 6.45) is 0. The maximum Gasteiger partial charge on any atom is 0.274 e. The first-order valence-electron chi connectivity index (χ1n) is 7.73. The second-order valence-electron chi connectivity index (χ2n) is 5.46. The van der Waals surface area contributed by atoms with Gasteiger partial charge < -0.3 is 10.6 Å². The zero-order valence-corrected chi connectivity index (χ0v) is 13.8. The number of halogens is 1. The average Bonchev–Trinajstić information content (AvgIpc) is 2.62. The molecular formula is C19H14FN5O. The number of nitriles is 1. The molecular weight excluding hydrogens is 333 g/mol. The molecule has 3 rings (SSSR count). The molecule has 3 aromatic rings. The van der Waals surface area contributed by atoms with E-state index < -0.39 is 11.7 Å². The Morgan fingerprint density at radius 1 is 1.08 bits per heavy atom. The molecule has 0 saturated heterocycles. The van der Waals surface area contributed by atoms with E-state index in [9.17, 15) is 9.18 Å². The van der Waals surface area contributed by atoms with Gasteiger partial charge in [0.05, 0.1) is 11.6 Å². The lowest BCUT2D eigenvalue weighted by Gasteiger charge is -2.09. The molecule has 0 unspecified atom stereocenters. The van der Waals surface area contributed by atoms with E-state index in [1.807, 2.05) is 6.07 Å². The Bertz CT molecular complexity index is 996. The molecule has 0 spiro atoms. The summed E-state index contributed by atoms with van der Waals surface area (Å²) in [4.78, 5) is 20.7. The first-order valence-corrected chi connectivity index (χ1v) is 7.73. The molecule has 6 nitrogen and oxygen atoms in total. The van der Waals surface area contributed by atoms with Crippen molar-refractivity contribution in [1.29, 1.82) is 5.26 Å². The SMILES string of the molecule is Cc1nc(Nc2ccc(C#N)cc2)cc(C(=O)Nc2cccc(F)c2)n1. The van der Waals surface area contributed by atoms with Crippen LogP contribution < -0.4 is 10.6 Å². The Kier molecular flexibility index (Phi) is 4.85. The third-order valence-electron chi connectivity index (χ3n) is 3.44. The first kappa shape index (κ1) is 17.0. The Hall–Kier alpha value is -3.79. The Morgan fingerprint density at radius 3 is 2.54 bits per heavy atom. The van der Waals surface area contributed by atoms with Crippen molar-refractivity contribution in [2.24, 2.45) is 0 Å². The predicted molar refractivity (Wildman–Crippen MR) is 95.6 cm³/mol. The molecule has 0 bridgehead atoms. The molecule has 1 heterocycles. The van der Waals surface area contributed by atoms with Gasteiger partial charge in [0.1, 0.15) is 23.2 Å². The van der Waals surface area contributed by atoms with Crippen molar-refractivity contribution in [3.05, 3.63) is 77.5 Å². The second kappa shape index (κ2) is 7.40. The number of carbonyl (C=O) groups excluding carboxylic acids is 1. The van der Waals surface area contributed by atoms with Crippen molar-refractivity contribution >= 4 is 23.1 Å². The number of amides is 1. The monoisotopic (exact) mass is 347 g/mol. The number of carbonyl (C=O) groups is 1. The zero-order chi connectivity index (χ0) is 18.5. The molecule has 7 heteroatoms. The van der Waals surface area contributed by atoms with E-state index >= 15 is 0 Å². The van der Waals surface area contributed by atoms with Crippen LogP contribution in [0.4, 0.5) is 21.6 Å². The number of aromatic nitrogens is 2. The summed E-state index contributed by atoms with van der Waals surface area (Å²) in [5, 5.41) is 14.5. The summed E-state index contributed by atoms with van der Waals surface area (Å²) in [5.41, 5.74) is 1.76. The fourth-order valence-corrected chi connectivity index (χ4v) is 2.29. The van der Waals surface area contributed by atoms with Crippen molar-refractivity contribution in [3.63, 3.8) is 0 Å².